The highest BCUT2D eigenvalue weighted by Crippen LogP contribution is 2.26. The zero-order chi connectivity index (χ0) is 48.2. The summed E-state index contributed by atoms with van der Waals surface area (Å²) in [5.74, 6) is -0.961. The van der Waals surface area contributed by atoms with Crippen LogP contribution in [0.15, 0.2) is 48.6 Å². The fourth-order valence-electron chi connectivity index (χ4n) is 7.62. The number of esters is 2. The minimum atomic E-state index is -1.77. The van der Waals surface area contributed by atoms with Crippen LogP contribution in [0.5, 0.6) is 0 Å². The number of aliphatic hydroxyl groups is 7. The van der Waals surface area contributed by atoms with E-state index in [2.05, 4.69) is 62.5 Å². The van der Waals surface area contributed by atoms with E-state index in [1.165, 1.54) is 64.2 Å². The number of rotatable bonds is 38. The molecule has 66 heavy (non-hydrogen) atoms. The summed E-state index contributed by atoms with van der Waals surface area (Å²) >= 11 is 0. The van der Waals surface area contributed by atoms with Crippen molar-refractivity contribution < 1.29 is 73.8 Å². The maximum atomic E-state index is 13.0. The normalized spacial score (nSPS) is 26.6. The zero-order valence-corrected chi connectivity index (χ0v) is 40.2. The smallest absolute Gasteiger partial charge is 0.306 e. The molecule has 2 heterocycles. The van der Waals surface area contributed by atoms with E-state index in [0.29, 0.717) is 12.8 Å². The lowest BCUT2D eigenvalue weighted by molar-refractivity contribution is -0.332. The van der Waals surface area contributed by atoms with Crippen molar-refractivity contribution in [1.29, 1.82) is 0 Å². The van der Waals surface area contributed by atoms with Gasteiger partial charge in [0, 0.05) is 12.8 Å². The molecule has 0 radical (unpaired) electrons. The molecule has 2 aliphatic heterocycles. The molecule has 4 unspecified atom stereocenters. The molecule has 0 saturated carbocycles. The maximum Gasteiger partial charge on any atom is 0.306 e. The molecule has 0 spiro atoms. The highest BCUT2D eigenvalue weighted by atomic mass is 16.7. The van der Waals surface area contributed by atoms with Gasteiger partial charge in [0.1, 0.15) is 55.4 Å². The molecule has 2 fully saturated rings. The van der Waals surface area contributed by atoms with Crippen molar-refractivity contribution in [2.75, 3.05) is 26.4 Å². The third-order valence-electron chi connectivity index (χ3n) is 11.8. The Labute approximate surface area is 395 Å². The van der Waals surface area contributed by atoms with Gasteiger partial charge in [-0.25, -0.2) is 0 Å². The van der Waals surface area contributed by atoms with Crippen LogP contribution in [-0.2, 0) is 38.0 Å². The summed E-state index contributed by atoms with van der Waals surface area (Å²) in [5, 5.41) is 72.0. The first-order valence-corrected chi connectivity index (χ1v) is 25.2. The molecule has 15 heteroatoms. The van der Waals surface area contributed by atoms with Crippen LogP contribution >= 0.6 is 0 Å². The lowest BCUT2D eigenvalue weighted by Crippen LogP contribution is -2.61. The third-order valence-corrected chi connectivity index (χ3v) is 11.8. The summed E-state index contributed by atoms with van der Waals surface area (Å²) < 4.78 is 33.5. The number of carbonyl (C=O) groups excluding carboxylic acids is 2. The van der Waals surface area contributed by atoms with Crippen molar-refractivity contribution >= 4 is 11.9 Å². The van der Waals surface area contributed by atoms with Crippen LogP contribution in [0.4, 0.5) is 0 Å². The molecule has 7 N–H and O–H groups in total. The van der Waals surface area contributed by atoms with Gasteiger partial charge in [0.15, 0.2) is 18.7 Å². The first-order chi connectivity index (χ1) is 32.0. The Morgan fingerprint density at radius 3 is 1.48 bits per heavy atom. The second kappa shape index (κ2) is 38.3. The third kappa shape index (κ3) is 26.3. The molecule has 0 aromatic carbocycles. The molecule has 0 aromatic heterocycles. The number of hydrogen-bond donors (Lipinski definition) is 7. The van der Waals surface area contributed by atoms with E-state index in [1.807, 2.05) is 0 Å². The van der Waals surface area contributed by atoms with E-state index >= 15 is 0 Å². The van der Waals surface area contributed by atoms with Crippen LogP contribution in [0, 0.1) is 0 Å². The number of hydrogen-bond acceptors (Lipinski definition) is 15. The van der Waals surface area contributed by atoms with Crippen molar-refractivity contribution in [3.05, 3.63) is 48.6 Å². The van der Waals surface area contributed by atoms with Crippen LogP contribution in [0.25, 0.3) is 0 Å². The number of unbranched alkanes of at least 4 members (excludes halogenated alkanes) is 16. The second-order valence-corrected chi connectivity index (χ2v) is 17.6. The van der Waals surface area contributed by atoms with Crippen molar-refractivity contribution in [2.24, 2.45) is 0 Å². The van der Waals surface area contributed by atoms with E-state index < -0.39 is 99.3 Å². The van der Waals surface area contributed by atoms with Crippen molar-refractivity contribution in [3.63, 3.8) is 0 Å². The van der Waals surface area contributed by atoms with Crippen LogP contribution in [0.1, 0.15) is 168 Å². The highest BCUT2D eigenvalue weighted by Gasteiger charge is 2.47. The van der Waals surface area contributed by atoms with Gasteiger partial charge in [-0.1, -0.05) is 152 Å². The average Bonchev–Trinajstić information content (AvgIpc) is 3.31. The minimum absolute atomic E-state index is 0.159. The Hall–Kier alpha value is -2.54. The molecule has 11 atom stereocenters. The van der Waals surface area contributed by atoms with Crippen LogP contribution < -0.4 is 0 Å². The molecule has 2 rings (SSSR count). The first kappa shape index (κ1) is 59.6. The highest BCUT2D eigenvalue weighted by molar-refractivity contribution is 5.70. The number of carbonyl (C=O) groups is 2. The summed E-state index contributed by atoms with van der Waals surface area (Å²) in [7, 11) is 0. The number of ether oxygens (including phenoxy) is 6. The van der Waals surface area contributed by atoms with Gasteiger partial charge in [-0.15, -0.1) is 0 Å². The molecule has 382 valence electrons. The Kier molecular flexibility index (Phi) is 34.6. The molecule has 0 amide bonds. The maximum absolute atomic E-state index is 13.0. The van der Waals surface area contributed by atoms with Crippen molar-refractivity contribution in [1.82, 2.24) is 0 Å². The van der Waals surface area contributed by atoms with Gasteiger partial charge in [-0.2, -0.15) is 0 Å². The van der Waals surface area contributed by atoms with Crippen LogP contribution in [-0.4, -0.2) is 142 Å². The number of allylic oxidation sites excluding steroid dienone is 8. The lowest BCUT2D eigenvalue weighted by atomic mass is 9.98. The fourth-order valence-corrected chi connectivity index (χ4v) is 7.62. The van der Waals surface area contributed by atoms with Crippen LogP contribution in [0.3, 0.4) is 0 Å². The van der Waals surface area contributed by atoms with Gasteiger partial charge in [0.25, 0.3) is 0 Å². The summed E-state index contributed by atoms with van der Waals surface area (Å²) in [5.41, 5.74) is 0. The first-order valence-electron chi connectivity index (χ1n) is 25.2. The molecule has 15 nitrogen and oxygen atoms in total. The Morgan fingerprint density at radius 1 is 0.485 bits per heavy atom. The van der Waals surface area contributed by atoms with E-state index in [-0.39, 0.29) is 19.4 Å². The Balaban J connectivity index is 1.83. The molecule has 2 saturated heterocycles. The minimum Gasteiger partial charge on any atom is -0.462 e. The van der Waals surface area contributed by atoms with Gasteiger partial charge < -0.3 is 64.2 Å². The van der Waals surface area contributed by atoms with Gasteiger partial charge in [0.05, 0.1) is 19.8 Å². The summed E-state index contributed by atoms with van der Waals surface area (Å²) in [6.45, 7) is 2.48. The van der Waals surface area contributed by atoms with Crippen molar-refractivity contribution in [2.45, 2.75) is 235 Å². The van der Waals surface area contributed by atoms with Crippen LogP contribution in [0.2, 0.25) is 0 Å². The summed E-state index contributed by atoms with van der Waals surface area (Å²) in [6, 6.07) is 0. The molecule has 0 bridgehead atoms. The van der Waals surface area contributed by atoms with E-state index in [9.17, 15) is 45.3 Å². The summed E-state index contributed by atoms with van der Waals surface area (Å²) in [4.78, 5) is 25.7. The molecular formula is C51H88O15. The summed E-state index contributed by atoms with van der Waals surface area (Å²) in [6.07, 6.45) is 24.2. The molecule has 0 aliphatic carbocycles. The van der Waals surface area contributed by atoms with Gasteiger partial charge >= 0.3 is 11.9 Å². The average molecular weight is 941 g/mol. The van der Waals surface area contributed by atoms with Crippen molar-refractivity contribution in [3.8, 4) is 0 Å². The van der Waals surface area contributed by atoms with E-state index in [1.54, 1.807) is 0 Å². The Morgan fingerprint density at radius 2 is 0.939 bits per heavy atom. The molecule has 2 aliphatic rings. The van der Waals surface area contributed by atoms with Gasteiger partial charge in [-0.05, 0) is 51.4 Å². The molecule has 0 aromatic rings. The predicted molar refractivity (Wildman–Crippen MR) is 252 cm³/mol. The van der Waals surface area contributed by atoms with E-state index in [0.717, 1.165) is 64.2 Å². The quantitative estimate of drug-likeness (QED) is 0.0194. The number of aliphatic hydroxyl groups excluding tert-OH is 7. The predicted octanol–water partition coefficient (Wildman–Crippen LogP) is 6.71. The fraction of sp³-hybridized carbons (Fsp3) is 0.804. The van der Waals surface area contributed by atoms with Gasteiger partial charge in [0.2, 0.25) is 0 Å². The van der Waals surface area contributed by atoms with E-state index in [4.69, 9.17) is 28.4 Å². The largest absolute Gasteiger partial charge is 0.462 e. The SMILES string of the molecule is CCC/C=C/C/C=C/C/C=C/C/C=C/CCCCCC(=O)OC[C@@H](CO[C@@H]1O[C@H](CO[C@@H]2O[C@H](CO)[C@H](O)C(O)C2O)[C@H](O)C(O)C1O)OC(=O)CCCCCCCCCCCCCCC. The van der Waals surface area contributed by atoms with Gasteiger partial charge in [-0.3, -0.25) is 9.59 Å². The topological polar surface area (TPSA) is 231 Å². The second-order valence-electron chi connectivity index (χ2n) is 17.6. The standard InChI is InChI=1S/C51H88O15/c1-3-5-7-9-11-13-15-17-18-19-20-22-23-25-27-29-31-33-42(53)61-36-39(64-43(54)34-32-30-28-26-24-21-16-14-12-10-8-6-4-2)37-62-50-49(60)47(58)45(56)41(66-50)38-63-51-48(59)46(57)44(55)40(35-52)65-51/h7,9,13,15,18-19,22-23,39-41,44-52,55-60H,3-6,8,10-12,14,16-17,20-21,24-38H2,1-2H3/b9-7+,15-13+,19-18+,23-22+/t39-,40+,41+,44-,45-,46?,47?,48?,49?,50+,51+/m0/s1. The molecular weight excluding hydrogens is 853 g/mol. The Bertz CT molecular complexity index is 1340. The monoisotopic (exact) mass is 941 g/mol. The lowest BCUT2D eigenvalue weighted by Gasteiger charge is -2.42. The zero-order valence-electron chi connectivity index (χ0n) is 40.2.